The van der Waals surface area contributed by atoms with Crippen molar-refractivity contribution in [3.8, 4) is 0 Å². The summed E-state index contributed by atoms with van der Waals surface area (Å²) in [5.74, 6) is 0.238. The van der Waals surface area contributed by atoms with Gasteiger partial charge in [-0.05, 0) is 43.4 Å². The van der Waals surface area contributed by atoms with Crippen molar-refractivity contribution >= 4 is 5.69 Å². The molecule has 0 radical (unpaired) electrons. The number of hydrogen-bond donors (Lipinski definition) is 1. The van der Waals surface area contributed by atoms with Crippen LogP contribution in [0.15, 0.2) is 18.2 Å². The van der Waals surface area contributed by atoms with E-state index < -0.39 is 6.10 Å². The Labute approximate surface area is 122 Å². The SMILES string of the molecule is CCC(CC)N(CC(C)C)c1ccc([C@H](C)O)cc1F. The first kappa shape index (κ1) is 17.0. The van der Waals surface area contributed by atoms with Gasteiger partial charge in [-0.15, -0.1) is 0 Å². The van der Waals surface area contributed by atoms with Crippen molar-refractivity contribution in [1.82, 2.24) is 0 Å². The number of nitrogens with zero attached hydrogens (tertiary/aromatic N) is 1. The second-order valence-corrected chi connectivity index (χ2v) is 5.90. The molecule has 114 valence electrons. The largest absolute Gasteiger partial charge is 0.389 e. The van der Waals surface area contributed by atoms with Gasteiger partial charge in [0.15, 0.2) is 0 Å². The highest BCUT2D eigenvalue weighted by Gasteiger charge is 2.20. The Morgan fingerprint density at radius 1 is 1.15 bits per heavy atom. The van der Waals surface area contributed by atoms with Gasteiger partial charge in [0.1, 0.15) is 5.82 Å². The lowest BCUT2D eigenvalue weighted by Gasteiger charge is -2.34. The van der Waals surface area contributed by atoms with E-state index in [1.807, 2.05) is 6.07 Å². The van der Waals surface area contributed by atoms with Crippen LogP contribution in [0.1, 0.15) is 59.1 Å². The molecule has 0 aliphatic heterocycles. The van der Waals surface area contributed by atoms with Crippen molar-refractivity contribution in [3.63, 3.8) is 0 Å². The van der Waals surface area contributed by atoms with Crippen molar-refractivity contribution < 1.29 is 9.50 Å². The summed E-state index contributed by atoms with van der Waals surface area (Å²) in [6.45, 7) is 11.1. The summed E-state index contributed by atoms with van der Waals surface area (Å²) in [6.07, 6.45) is 1.37. The summed E-state index contributed by atoms with van der Waals surface area (Å²) in [4.78, 5) is 2.17. The van der Waals surface area contributed by atoms with Crippen molar-refractivity contribution in [2.75, 3.05) is 11.4 Å². The summed E-state index contributed by atoms with van der Waals surface area (Å²) in [5, 5.41) is 9.54. The summed E-state index contributed by atoms with van der Waals surface area (Å²) in [7, 11) is 0. The van der Waals surface area contributed by atoms with Crippen LogP contribution in [0.3, 0.4) is 0 Å². The molecule has 0 amide bonds. The minimum atomic E-state index is -0.634. The summed E-state index contributed by atoms with van der Waals surface area (Å²) in [6, 6.07) is 5.43. The molecule has 3 heteroatoms. The molecule has 0 aliphatic rings. The lowest BCUT2D eigenvalue weighted by atomic mass is 10.0. The van der Waals surface area contributed by atoms with Crippen molar-refractivity contribution in [1.29, 1.82) is 0 Å². The average molecular weight is 281 g/mol. The van der Waals surface area contributed by atoms with Gasteiger partial charge < -0.3 is 10.0 Å². The minimum absolute atomic E-state index is 0.240. The van der Waals surface area contributed by atoms with Crippen molar-refractivity contribution in [3.05, 3.63) is 29.6 Å². The zero-order chi connectivity index (χ0) is 15.3. The maximum atomic E-state index is 14.4. The first-order chi connectivity index (χ1) is 9.40. The van der Waals surface area contributed by atoms with Gasteiger partial charge in [-0.1, -0.05) is 33.8 Å². The zero-order valence-electron chi connectivity index (χ0n) is 13.4. The molecule has 1 rings (SSSR count). The van der Waals surface area contributed by atoms with Gasteiger partial charge in [0.2, 0.25) is 0 Å². The number of benzene rings is 1. The summed E-state index contributed by atoms with van der Waals surface area (Å²) < 4.78 is 14.4. The standard InChI is InChI=1S/C17H28FNO/c1-6-15(7-2)19(11-12(3)4)17-9-8-14(13(5)20)10-16(17)18/h8-10,12-13,15,20H,6-7,11H2,1-5H3/t13-/m0/s1. The maximum Gasteiger partial charge on any atom is 0.146 e. The molecule has 1 aromatic carbocycles. The number of aliphatic hydroxyl groups excluding tert-OH is 1. The predicted octanol–water partition coefficient (Wildman–Crippen LogP) is 4.53. The highest BCUT2D eigenvalue weighted by atomic mass is 19.1. The molecule has 0 bridgehead atoms. The van der Waals surface area contributed by atoms with E-state index >= 15 is 0 Å². The predicted molar refractivity (Wildman–Crippen MR) is 83.6 cm³/mol. The molecule has 0 unspecified atom stereocenters. The molecule has 1 atom stereocenters. The van der Waals surface area contributed by atoms with Gasteiger partial charge in [-0.2, -0.15) is 0 Å². The average Bonchev–Trinajstić information content (AvgIpc) is 2.38. The molecule has 0 fully saturated rings. The zero-order valence-corrected chi connectivity index (χ0v) is 13.4. The third kappa shape index (κ3) is 4.20. The van der Waals surface area contributed by atoms with Crippen LogP contribution in [0.2, 0.25) is 0 Å². The number of hydrogen-bond acceptors (Lipinski definition) is 2. The van der Waals surface area contributed by atoms with Gasteiger partial charge in [-0.3, -0.25) is 0 Å². The van der Waals surface area contributed by atoms with Crippen LogP contribution in [0.25, 0.3) is 0 Å². The molecule has 1 N–H and O–H groups in total. The van der Waals surface area contributed by atoms with Gasteiger partial charge >= 0.3 is 0 Å². The monoisotopic (exact) mass is 281 g/mol. The van der Waals surface area contributed by atoms with Crippen LogP contribution < -0.4 is 4.90 Å². The van der Waals surface area contributed by atoms with Crippen LogP contribution in [0.4, 0.5) is 10.1 Å². The minimum Gasteiger partial charge on any atom is -0.389 e. The van der Waals surface area contributed by atoms with Gasteiger partial charge in [-0.25, -0.2) is 4.39 Å². The molecule has 0 aromatic heterocycles. The first-order valence-electron chi connectivity index (χ1n) is 7.64. The number of halogens is 1. The van der Waals surface area contributed by atoms with Gasteiger partial charge in [0.25, 0.3) is 0 Å². The molecule has 0 heterocycles. The second-order valence-electron chi connectivity index (χ2n) is 5.90. The first-order valence-corrected chi connectivity index (χ1v) is 7.64. The van der Waals surface area contributed by atoms with E-state index in [-0.39, 0.29) is 5.82 Å². The third-order valence-electron chi connectivity index (χ3n) is 3.71. The topological polar surface area (TPSA) is 23.5 Å². The molecule has 2 nitrogen and oxygen atoms in total. The fourth-order valence-corrected chi connectivity index (χ4v) is 2.58. The molecule has 0 aliphatic carbocycles. The Morgan fingerprint density at radius 3 is 2.15 bits per heavy atom. The van der Waals surface area contributed by atoms with Crippen LogP contribution in [0.5, 0.6) is 0 Å². The van der Waals surface area contributed by atoms with E-state index in [1.165, 1.54) is 6.07 Å². The van der Waals surface area contributed by atoms with E-state index in [0.717, 1.165) is 19.4 Å². The Bertz CT molecular complexity index is 413. The highest BCUT2D eigenvalue weighted by molar-refractivity contribution is 5.50. The molecule has 0 saturated carbocycles. The quantitative estimate of drug-likeness (QED) is 0.793. The Balaban J connectivity index is 3.13. The number of aliphatic hydroxyl groups is 1. The maximum absolute atomic E-state index is 14.4. The van der Waals surface area contributed by atoms with Crippen molar-refractivity contribution in [2.24, 2.45) is 5.92 Å². The smallest absolute Gasteiger partial charge is 0.146 e. The fourth-order valence-electron chi connectivity index (χ4n) is 2.58. The lowest BCUT2D eigenvalue weighted by Crippen LogP contribution is -2.38. The van der Waals surface area contributed by atoms with Gasteiger partial charge in [0.05, 0.1) is 11.8 Å². The normalized spacial score (nSPS) is 13.1. The Kier molecular flexibility index (Phi) is 6.47. The van der Waals surface area contributed by atoms with E-state index in [4.69, 9.17) is 0 Å². The molecular formula is C17H28FNO. The molecule has 0 spiro atoms. The number of anilines is 1. The van der Waals surface area contributed by atoms with Gasteiger partial charge in [0, 0.05) is 12.6 Å². The second kappa shape index (κ2) is 7.63. The van der Waals surface area contributed by atoms with E-state index in [0.29, 0.717) is 23.2 Å². The van der Waals surface area contributed by atoms with E-state index in [9.17, 15) is 9.50 Å². The van der Waals surface area contributed by atoms with E-state index in [1.54, 1.807) is 13.0 Å². The third-order valence-corrected chi connectivity index (χ3v) is 3.71. The lowest BCUT2D eigenvalue weighted by molar-refractivity contribution is 0.199. The Hall–Kier alpha value is -1.09. The summed E-state index contributed by atoms with van der Waals surface area (Å²) >= 11 is 0. The van der Waals surface area contributed by atoms with Crippen LogP contribution in [-0.2, 0) is 0 Å². The highest BCUT2D eigenvalue weighted by Crippen LogP contribution is 2.27. The molecule has 20 heavy (non-hydrogen) atoms. The van der Waals surface area contributed by atoms with Crippen LogP contribution in [-0.4, -0.2) is 17.7 Å². The van der Waals surface area contributed by atoms with Crippen molar-refractivity contribution in [2.45, 2.75) is 59.6 Å². The molecule has 1 aromatic rings. The Morgan fingerprint density at radius 2 is 1.75 bits per heavy atom. The van der Waals surface area contributed by atoms with Crippen LogP contribution >= 0.6 is 0 Å². The fraction of sp³-hybridized carbons (Fsp3) is 0.647. The molecule has 0 saturated heterocycles. The van der Waals surface area contributed by atoms with Crippen LogP contribution in [0, 0.1) is 11.7 Å². The number of rotatable bonds is 7. The molecular weight excluding hydrogens is 253 g/mol. The summed E-state index contributed by atoms with van der Waals surface area (Å²) in [5.41, 5.74) is 1.28. The van der Waals surface area contributed by atoms with E-state index in [2.05, 4.69) is 32.6 Å².